The highest BCUT2D eigenvalue weighted by atomic mass is 16.5. The van der Waals surface area contributed by atoms with Crippen molar-refractivity contribution in [2.75, 3.05) is 6.61 Å². The molecule has 10 heavy (non-hydrogen) atoms. The first-order valence-electron chi connectivity index (χ1n) is 3.16. The smallest absolute Gasteiger partial charge is 0.130 e. The van der Waals surface area contributed by atoms with E-state index in [0.717, 1.165) is 0 Å². The summed E-state index contributed by atoms with van der Waals surface area (Å²) in [6.45, 7) is 2.48. The van der Waals surface area contributed by atoms with Crippen molar-refractivity contribution in [3.05, 3.63) is 24.3 Å². The van der Waals surface area contributed by atoms with Crippen LogP contribution in [0.2, 0.25) is 0 Å². The van der Waals surface area contributed by atoms with Crippen LogP contribution >= 0.6 is 0 Å². The van der Waals surface area contributed by atoms with Crippen LogP contribution in [0.3, 0.4) is 0 Å². The summed E-state index contributed by atoms with van der Waals surface area (Å²) < 4.78 is 5.07. The van der Waals surface area contributed by atoms with Gasteiger partial charge in [0.2, 0.25) is 0 Å². The van der Waals surface area contributed by atoms with E-state index < -0.39 is 0 Å². The largest absolute Gasteiger partial charge is 0.508 e. The minimum absolute atomic E-state index is 0.210. The second-order valence-corrected chi connectivity index (χ2v) is 1.84. The maximum atomic E-state index is 8.94. The van der Waals surface area contributed by atoms with Gasteiger partial charge in [-0.25, -0.2) is 0 Å². The lowest BCUT2D eigenvalue weighted by molar-refractivity contribution is 0.337. The van der Waals surface area contributed by atoms with Crippen LogP contribution in [0.4, 0.5) is 0 Å². The van der Waals surface area contributed by atoms with Crippen LogP contribution in [0.1, 0.15) is 6.92 Å². The summed E-state index contributed by atoms with van der Waals surface area (Å²) in [7, 11) is 0. The van der Waals surface area contributed by atoms with Crippen molar-refractivity contribution in [2.24, 2.45) is 0 Å². The molecule has 0 aliphatic heterocycles. The number of hydrogen-bond acceptors (Lipinski definition) is 2. The van der Waals surface area contributed by atoms with Crippen LogP contribution in [0.15, 0.2) is 18.2 Å². The van der Waals surface area contributed by atoms with Gasteiger partial charge in [-0.05, 0) is 19.1 Å². The predicted molar refractivity (Wildman–Crippen MR) is 38.1 cm³/mol. The van der Waals surface area contributed by atoms with Crippen molar-refractivity contribution in [3.8, 4) is 11.5 Å². The minimum atomic E-state index is 0.210. The summed E-state index contributed by atoms with van der Waals surface area (Å²) in [5.74, 6) is 0.796. The Morgan fingerprint density at radius 1 is 1.70 bits per heavy atom. The first kappa shape index (κ1) is 6.93. The van der Waals surface area contributed by atoms with Crippen LogP contribution in [-0.2, 0) is 0 Å². The molecule has 2 nitrogen and oxygen atoms in total. The van der Waals surface area contributed by atoms with Crippen LogP contribution in [0, 0.1) is 6.07 Å². The van der Waals surface area contributed by atoms with Crippen molar-refractivity contribution >= 4 is 0 Å². The highest BCUT2D eigenvalue weighted by molar-refractivity contribution is 5.30. The molecule has 0 saturated carbocycles. The van der Waals surface area contributed by atoms with Crippen LogP contribution in [0.25, 0.3) is 0 Å². The van der Waals surface area contributed by atoms with Crippen molar-refractivity contribution in [1.82, 2.24) is 0 Å². The Kier molecular flexibility index (Phi) is 2.15. The van der Waals surface area contributed by atoms with E-state index in [1.165, 1.54) is 6.07 Å². The Morgan fingerprint density at radius 2 is 2.50 bits per heavy atom. The lowest BCUT2D eigenvalue weighted by Crippen LogP contribution is -1.90. The molecule has 0 heterocycles. The van der Waals surface area contributed by atoms with E-state index in [1.807, 2.05) is 6.92 Å². The van der Waals surface area contributed by atoms with E-state index in [1.54, 1.807) is 12.1 Å². The molecule has 1 aromatic rings. The highest BCUT2D eigenvalue weighted by Crippen LogP contribution is 2.16. The maximum absolute atomic E-state index is 8.94. The molecule has 0 unspecified atom stereocenters. The minimum Gasteiger partial charge on any atom is -0.508 e. The fourth-order valence-corrected chi connectivity index (χ4v) is 0.672. The zero-order chi connectivity index (χ0) is 7.40. The van der Waals surface area contributed by atoms with Gasteiger partial charge in [0.05, 0.1) is 6.61 Å². The molecule has 0 aliphatic rings. The Hall–Kier alpha value is -1.18. The van der Waals surface area contributed by atoms with E-state index in [9.17, 15) is 0 Å². The molecular formula is C8H9O2. The van der Waals surface area contributed by atoms with Crippen molar-refractivity contribution in [1.29, 1.82) is 0 Å². The lowest BCUT2D eigenvalue weighted by Gasteiger charge is -2.00. The number of phenols is 1. The topological polar surface area (TPSA) is 29.5 Å². The summed E-state index contributed by atoms with van der Waals surface area (Å²) >= 11 is 0. The Labute approximate surface area is 60.1 Å². The van der Waals surface area contributed by atoms with Gasteiger partial charge in [0.1, 0.15) is 11.5 Å². The molecule has 0 bridgehead atoms. The molecule has 0 amide bonds. The van der Waals surface area contributed by atoms with Gasteiger partial charge in [-0.15, -0.1) is 0 Å². The van der Waals surface area contributed by atoms with Gasteiger partial charge in [0, 0.05) is 12.1 Å². The molecule has 1 aromatic carbocycles. The van der Waals surface area contributed by atoms with Gasteiger partial charge in [-0.1, -0.05) is 0 Å². The first-order valence-corrected chi connectivity index (χ1v) is 3.16. The Bertz CT molecular complexity index is 208. The van der Waals surface area contributed by atoms with Gasteiger partial charge in [-0.3, -0.25) is 0 Å². The zero-order valence-corrected chi connectivity index (χ0v) is 5.79. The third kappa shape index (κ3) is 1.65. The number of rotatable bonds is 2. The zero-order valence-electron chi connectivity index (χ0n) is 5.79. The lowest BCUT2D eigenvalue weighted by atomic mass is 10.3. The van der Waals surface area contributed by atoms with E-state index >= 15 is 0 Å². The van der Waals surface area contributed by atoms with E-state index in [-0.39, 0.29) is 5.75 Å². The fourth-order valence-electron chi connectivity index (χ4n) is 0.672. The monoisotopic (exact) mass is 137 g/mol. The summed E-state index contributed by atoms with van der Waals surface area (Å²) in [4.78, 5) is 0. The van der Waals surface area contributed by atoms with E-state index in [0.29, 0.717) is 12.4 Å². The van der Waals surface area contributed by atoms with Gasteiger partial charge in [0.15, 0.2) is 0 Å². The first-order chi connectivity index (χ1) is 4.83. The second kappa shape index (κ2) is 3.11. The number of benzene rings is 1. The second-order valence-electron chi connectivity index (χ2n) is 1.84. The normalized spacial score (nSPS) is 9.30. The standard InChI is InChI=1S/C8H9O2/c1-2-10-8-5-3-4-7(9)6-8/h3-4,6,9H,2H2,1H3. The fraction of sp³-hybridized carbons (Fsp3) is 0.250. The third-order valence-corrected chi connectivity index (χ3v) is 1.06. The van der Waals surface area contributed by atoms with Crippen molar-refractivity contribution < 1.29 is 9.84 Å². The SMILES string of the molecule is CCOc1[c]ccc(O)c1. The molecule has 0 aromatic heterocycles. The molecule has 1 radical (unpaired) electrons. The third-order valence-electron chi connectivity index (χ3n) is 1.06. The van der Waals surface area contributed by atoms with Crippen LogP contribution in [0.5, 0.6) is 11.5 Å². The summed E-state index contributed by atoms with van der Waals surface area (Å²) in [5.41, 5.74) is 0. The number of hydrogen-bond donors (Lipinski definition) is 1. The maximum Gasteiger partial charge on any atom is 0.130 e. The van der Waals surface area contributed by atoms with E-state index in [2.05, 4.69) is 6.07 Å². The molecule has 0 atom stereocenters. The summed E-state index contributed by atoms with van der Waals surface area (Å²) in [6, 6.07) is 7.54. The summed E-state index contributed by atoms with van der Waals surface area (Å²) in [5, 5.41) is 8.94. The van der Waals surface area contributed by atoms with Gasteiger partial charge >= 0.3 is 0 Å². The van der Waals surface area contributed by atoms with Crippen LogP contribution < -0.4 is 4.74 Å². The molecule has 1 rings (SSSR count). The average molecular weight is 137 g/mol. The van der Waals surface area contributed by atoms with Crippen molar-refractivity contribution in [2.45, 2.75) is 6.92 Å². The van der Waals surface area contributed by atoms with Crippen LogP contribution in [-0.4, -0.2) is 11.7 Å². The Morgan fingerprint density at radius 3 is 3.10 bits per heavy atom. The number of aromatic hydroxyl groups is 1. The molecule has 53 valence electrons. The predicted octanol–water partition coefficient (Wildman–Crippen LogP) is 1.59. The molecule has 0 saturated heterocycles. The highest BCUT2D eigenvalue weighted by Gasteiger charge is 1.91. The van der Waals surface area contributed by atoms with E-state index in [4.69, 9.17) is 9.84 Å². The molecule has 1 N–H and O–H groups in total. The quantitative estimate of drug-likeness (QED) is 0.670. The molecule has 0 spiro atoms. The molecule has 0 fully saturated rings. The van der Waals surface area contributed by atoms with Gasteiger partial charge in [-0.2, -0.15) is 0 Å². The number of phenolic OH excluding ortho intramolecular Hbond substituents is 1. The van der Waals surface area contributed by atoms with Crippen molar-refractivity contribution in [3.63, 3.8) is 0 Å². The van der Waals surface area contributed by atoms with Gasteiger partial charge < -0.3 is 9.84 Å². The van der Waals surface area contributed by atoms with Gasteiger partial charge in [0.25, 0.3) is 0 Å². The number of ether oxygens (including phenoxy) is 1. The molecular weight excluding hydrogens is 128 g/mol. The molecule has 2 heteroatoms. The average Bonchev–Trinajstić information content (AvgIpc) is 1.88. The molecule has 0 aliphatic carbocycles. The summed E-state index contributed by atoms with van der Waals surface area (Å²) in [6.07, 6.45) is 0. The Balaban J connectivity index is 2.75.